The molecule has 1 atom stereocenters. The zero-order valence-electron chi connectivity index (χ0n) is 7.72. The van der Waals surface area contributed by atoms with Crippen molar-refractivity contribution in [1.29, 1.82) is 5.41 Å². The molecule has 0 spiro atoms. The fraction of sp³-hybridized carbons (Fsp3) is 0.750. The van der Waals surface area contributed by atoms with E-state index in [-0.39, 0.29) is 18.1 Å². The second-order valence-electron chi connectivity index (χ2n) is 3.27. The molecule has 12 heavy (non-hydrogen) atoms. The number of amides is 2. The van der Waals surface area contributed by atoms with Crippen LogP contribution in [0.1, 0.15) is 27.2 Å². The van der Waals surface area contributed by atoms with E-state index in [0.717, 1.165) is 6.42 Å². The molecule has 1 aliphatic heterocycles. The maximum absolute atomic E-state index is 11.3. The SMILES string of the molecule is CCC1C(=N)NC(=O)N1C(C)C. The van der Waals surface area contributed by atoms with E-state index in [1.165, 1.54) is 0 Å². The summed E-state index contributed by atoms with van der Waals surface area (Å²) in [5.41, 5.74) is 0. The van der Waals surface area contributed by atoms with Gasteiger partial charge in [-0.05, 0) is 20.3 Å². The number of hydrogen-bond donors (Lipinski definition) is 2. The van der Waals surface area contributed by atoms with Crippen molar-refractivity contribution >= 4 is 11.9 Å². The maximum Gasteiger partial charge on any atom is 0.323 e. The number of amidine groups is 1. The monoisotopic (exact) mass is 169 g/mol. The van der Waals surface area contributed by atoms with Gasteiger partial charge in [-0.3, -0.25) is 10.7 Å². The van der Waals surface area contributed by atoms with Gasteiger partial charge in [-0.2, -0.15) is 0 Å². The second kappa shape index (κ2) is 3.13. The van der Waals surface area contributed by atoms with E-state index in [9.17, 15) is 4.79 Å². The Balaban J connectivity index is 2.82. The molecule has 0 radical (unpaired) electrons. The Hall–Kier alpha value is -1.06. The smallest absolute Gasteiger partial charge is 0.312 e. The average Bonchev–Trinajstić information content (AvgIpc) is 2.24. The van der Waals surface area contributed by atoms with Gasteiger partial charge >= 0.3 is 6.03 Å². The summed E-state index contributed by atoms with van der Waals surface area (Å²) in [5, 5.41) is 10.0. The minimum Gasteiger partial charge on any atom is -0.312 e. The molecule has 0 aromatic heterocycles. The van der Waals surface area contributed by atoms with Crippen molar-refractivity contribution in [2.24, 2.45) is 0 Å². The van der Waals surface area contributed by atoms with Crippen LogP contribution in [0.3, 0.4) is 0 Å². The molecule has 4 heteroatoms. The molecule has 1 saturated heterocycles. The highest BCUT2D eigenvalue weighted by Crippen LogP contribution is 2.15. The first-order valence-corrected chi connectivity index (χ1v) is 4.25. The predicted octanol–water partition coefficient (Wildman–Crippen LogP) is 1.18. The molecule has 1 fully saturated rings. The standard InChI is InChI=1S/C8H15N3O/c1-4-6-7(9)10-8(12)11(6)5(2)3/h5-6H,4H2,1-3H3,(H2,9,10,12). The summed E-state index contributed by atoms with van der Waals surface area (Å²) in [6, 6.07) is -0.0165. The minimum atomic E-state index is -0.137. The molecule has 68 valence electrons. The summed E-state index contributed by atoms with van der Waals surface area (Å²) in [7, 11) is 0. The highest BCUT2D eigenvalue weighted by Gasteiger charge is 2.35. The van der Waals surface area contributed by atoms with Crippen LogP contribution >= 0.6 is 0 Å². The quantitative estimate of drug-likeness (QED) is 0.640. The molecule has 4 nitrogen and oxygen atoms in total. The zero-order chi connectivity index (χ0) is 9.30. The lowest BCUT2D eigenvalue weighted by Crippen LogP contribution is -2.39. The van der Waals surface area contributed by atoms with Gasteiger partial charge in [0.1, 0.15) is 5.84 Å². The highest BCUT2D eigenvalue weighted by atomic mass is 16.2. The summed E-state index contributed by atoms with van der Waals surface area (Å²) < 4.78 is 0. The minimum absolute atomic E-state index is 0.0440. The van der Waals surface area contributed by atoms with Crippen LogP contribution in [0.5, 0.6) is 0 Å². The van der Waals surface area contributed by atoms with Crippen molar-refractivity contribution in [3.8, 4) is 0 Å². The topological polar surface area (TPSA) is 56.2 Å². The first-order chi connectivity index (χ1) is 5.57. The summed E-state index contributed by atoms with van der Waals surface area (Å²) in [4.78, 5) is 13.0. The number of nitrogens with one attached hydrogen (secondary N) is 2. The molecule has 0 aromatic rings. The van der Waals surface area contributed by atoms with Gasteiger partial charge in [-0.25, -0.2) is 4.79 Å². The van der Waals surface area contributed by atoms with Crippen LogP contribution < -0.4 is 5.32 Å². The Kier molecular flexibility index (Phi) is 2.35. The van der Waals surface area contributed by atoms with E-state index < -0.39 is 0 Å². The van der Waals surface area contributed by atoms with Crippen molar-refractivity contribution in [2.45, 2.75) is 39.3 Å². The van der Waals surface area contributed by atoms with Crippen LogP contribution in [0.15, 0.2) is 0 Å². The number of carbonyl (C=O) groups excluding carboxylic acids is 1. The second-order valence-corrected chi connectivity index (χ2v) is 3.27. The lowest BCUT2D eigenvalue weighted by molar-refractivity contribution is 0.188. The molecular weight excluding hydrogens is 154 g/mol. The summed E-state index contributed by atoms with van der Waals surface area (Å²) in [5.74, 6) is 0.330. The Labute approximate surface area is 72.4 Å². The first kappa shape index (κ1) is 9.03. The lowest BCUT2D eigenvalue weighted by Gasteiger charge is -2.25. The van der Waals surface area contributed by atoms with E-state index in [1.807, 2.05) is 20.8 Å². The molecule has 2 amide bonds. The van der Waals surface area contributed by atoms with Crippen LogP contribution in [-0.2, 0) is 0 Å². The number of hydrogen-bond acceptors (Lipinski definition) is 2. The Bertz CT molecular complexity index is 212. The summed E-state index contributed by atoms with van der Waals surface area (Å²) in [6.45, 7) is 5.90. The van der Waals surface area contributed by atoms with Gasteiger partial charge < -0.3 is 4.90 Å². The molecule has 1 aliphatic rings. The van der Waals surface area contributed by atoms with Gasteiger partial charge in [0.05, 0.1) is 6.04 Å². The molecule has 2 N–H and O–H groups in total. The molecular formula is C8H15N3O. The largest absolute Gasteiger partial charge is 0.323 e. The van der Waals surface area contributed by atoms with Crippen LogP contribution in [0.2, 0.25) is 0 Å². The number of nitrogens with zero attached hydrogens (tertiary/aromatic N) is 1. The van der Waals surface area contributed by atoms with Crippen molar-refractivity contribution in [2.75, 3.05) is 0 Å². The predicted molar refractivity (Wildman–Crippen MR) is 47.3 cm³/mol. The highest BCUT2D eigenvalue weighted by molar-refractivity contribution is 6.05. The lowest BCUT2D eigenvalue weighted by atomic mass is 10.2. The average molecular weight is 169 g/mol. The summed E-state index contributed by atoms with van der Waals surface area (Å²) >= 11 is 0. The van der Waals surface area contributed by atoms with Crippen molar-refractivity contribution in [3.63, 3.8) is 0 Å². The van der Waals surface area contributed by atoms with E-state index in [4.69, 9.17) is 5.41 Å². The molecule has 0 aliphatic carbocycles. The molecule has 1 unspecified atom stereocenters. The van der Waals surface area contributed by atoms with Crippen molar-refractivity contribution in [1.82, 2.24) is 10.2 Å². The fourth-order valence-electron chi connectivity index (χ4n) is 1.54. The van der Waals surface area contributed by atoms with Crippen LogP contribution in [-0.4, -0.2) is 28.9 Å². The van der Waals surface area contributed by atoms with Crippen molar-refractivity contribution < 1.29 is 4.79 Å². The Morgan fingerprint density at radius 1 is 1.67 bits per heavy atom. The molecule has 1 rings (SSSR count). The third-order valence-electron chi connectivity index (χ3n) is 2.09. The first-order valence-electron chi connectivity index (χ1n) is 4.25. The van der Waals surface area contributed by atoms with E-state index in [1.54, 1.807) is 4.90 Å². The Morgan fingerprint density at radius 2 is 2.25 bits per heavy atom. The normalized spacial score (nSPS) is 23.7. The van der Waals surface area contributed by atoms with Gasteiger partial charge in [-0.15, -0.1) is 0 Å². The number of carbonyl (C=O) groups is 1. The number of rotatable bonds is 2. The van der Waals surface area contributed by atoms with Gasteiger partial charge in [0, 0.05) is 6.04 Å². The Morgan fingerprint density at radius 3 is 2.58 bits per heavy atom. The van der Waals surface area contributed by atoms with Gasteiger partial charge in [-0.1, -0.05) is 6.92 Å². The van der Waals surface area contributed by atoms with E-state index >= 15 is 0 Å². The third kappa shape index (κ3) is 1.29. The van der Waals surface area contributed by atoms with E-state index in [0.29, 0.717) is 5.84 Å². The van der Waals surface area contributed by atoms with Gasteiger partial charge in [0.2, 0.25) is 0 Å². The molecule has 0 bridgehead atoms. The summed E-state index contributed by atoms with van der Waals surface area (Å²) in [6.07, 6.45) is 0.801. The molecule has 0 aromatic carbocycles. The van der Waals surface area contributed by atoms with Crippen LogP contribution in [0.25, 0.3) is 0 Å². The van der Waals surface area contributed by atoms with Crippen LogP contribution in [0.4, 0.5) is 4.79 Å². The van der Waals surface area contributed by atoms with E-state index in [2.05, 4.69) is 5.32 Å². The van der Waals surface area contributed by atoms with Crippen molar-refractivity contribution in [3.05, 3.63) is 0 Å². The molecule has 1 heterocycles. The zero-order valence-corrected chi connectivity index (χ0v) is 7.72. The number of urea groups is 1. The maximum atomic E-state index is 11.3. The third-order valence-corrected chi connectivity index (χ3v) is 2.09. The van der Waals surface area contributed by atoms with Gasteiger partial charge in [0.25, 0.3) is 0 Å². The fourth-order valence-corrected chi connectivity index (χ4v) is 1.54. The van der Waals surface area contributed by atoms with Crippen LogP contribution in [0, 0.1) is 5.41 Å². The van der Waals surface area contributed by atoms with Gasteiger partial charge in [0.15, 0.2) is 0 Å². The molecule has 0 saturated carbocycles.